The molecule has 1 aliphatic carbocycles. The molecule has 2 heterocycles. The lowest BCUT2D eigenvalue weighted by atomic mass is 9.89. The molecule has 1 saturated carbocycles. The molecule has 8 nitrogen and oxygen atoms in total. The number of amides is 2. The molecule has 3 aromatic rings. The number of hydrogen-bond donors (Lipinski definition) is 1. The molecule has 0 radical (unpaired) electrons. The minimum atomic E-state index is -0.659. The summed E-state index contributed by atoms with van der Waals surface area (Å²) in [6, 6.07) is 14.8. The molecule has 39 heavy (non-hydrogen) atoms. The van der Waals surface area contributed by atoms with Gasteiger partial charge in [-0.3, -0.25) is 24.0 Å². The Balaban J connectivity index is 1.43. The molecule has 2 fully saturated rings. The SMILES string of the molecule is Cc1c(N=C2SC(CC(=O)Nc3ccc(F)cc3)C(=O)N2CC2CCCCC2)c(=O)n(-c2ccccc2)n1C. The number of nitrogens with one attached hydrogen (secondary N) is 1. The zero-order valence-electron chi connectivity index (χ0n) is 22.1. The number of aromatic nitrogens is 2. The Bertz CT molecular complexity index is 1440. The number of thioether (sulfide) groups is 1. The monoisotopic (exact) mass is 549 g/mol. The summed E-state index contributed by atoms with van der Waals surface area (Å²) in [6.45, 7) is 2.36. The van der Waals surface area contributed by atoms with Crippen molar-refractivity contribution in [3.05, 3.63) is 76.5 Å². The molecule has 1 atom stereocenters. The fourth-order valence-corrected chi connectivity index (χ4v) is 6.37. The molecule has 1 aliphatic heterocycles. The van der Waals surface area contributed by atoms with E-state index < -0.39 is 11.1 Å². The largest absolute Gasteiger partial charge is 0.326 e. The molecule has 1 aromatic heterocycles. The van der Waals surface area contributed by atoms with Crippen LogP contribution in [0.2, 0.25) is 0 Å². The quantitative estimate of drug-likeness (QED) is 0.441. The van der Waals surface area contributed by atoms with Gasteiger partial charge >= 0.3 is 0 Å². The van der Waals surface area contributed by atoms with Gasteiger partial charge in [-0.1, -0.05) is 49.2 Å². The van der Waals surface area contributed by atoms with Crippen LogP contribution in [-0.4, -0.2) is 43.0 Å². The summed E-state index contributed by atoms with van der Waals surface area (Å²) in [4.78, 5) is 46.3. The zero-order valence-corrected chi connectivity index (χ0v) is 22.9. The summed E-state index contributed by atoms with van der Waals surface area (Å²) in [6.07, 6.45) is 5.51. The van der Waals surface area contributed by atoms with E-state index in [-0.39, 0.29) is 29.5 Å². The third kappa shape index (κ3) is 5.85. The molecule has 1 N–H and O–H groups in total. The molecule has 0 spiro atoms. The van der Waals surface area contributed by atoms with Gasteiger partial charge in [0.25, 0.3) is 5.56 Å². The normalized spacial score (nSPS) is 19.2. The van der Waals surface area contributed by atoms with Crippen molar-refractivity contribution in [2.24, 2.45) is 18.0 Å². The van der Waals surface area contributed by atoms with Crippen molar-refractivity contribution in [1.82, 2.24) is 14.3 Å². The van der Waals surface area contributed by atoms with Gasteiger partial charge in [-0.05, 0) is 62.1 Å². The van der Waals surface area contributed by atoms with Crippen molar-refractivity contribution < 1.29 is 14.0 Å². The number of aliphatic imine (C=N–C) groups is 1. The second-order valence-electron chi connectivity index (χ2n) is 10.1. The van der Waals surface area contributed by atoms with Gasteiger partial charge in [0.2, 0.25) is 11.8 Å². The van der Waals surface area contributed by atoms with Crippen molar-refractivity contribution >= 4 is 40.1 Å². The molecule has 5 rings (SSSR count). The average Bonchev–Trinajstić information content (AvgIpc) is 3.33. The van der Waals surface area contributed by atoms with Gasteiger partial charge in [-0.2, -0.15) is 0 Å². The summed E-state index contributed by atoms with van der Waals surface area (Å²) in [7, 11) is 1.81. The van der Waals surface area contributed by atoms with Gasteiger partial charge < -0.3 is 5.32 Å². The van der Waals surface area contributed by atoms with Crippen molar-refractivity contribution in [2.45, 2.75) is 50.7 Å². The van der Waals surface area contributed by atoms with Crippen molar-refractivity contribution in [3.63, 3.8) is 0 Å². The second-order valence-corrected chi connectivity index (χ2v) is 11.3. The highest BCUT2D eigenvalue weighted by Crippen LogP contribution is 2.35. The molecule has 0 bridgehead atoms. The Hall–Kier alpha value is -3.66. The van der Waals surface area contributed by atoms with E-state index in [9.17, 15) is 18.8 Å². The Labute approximate surface area is 230 Å². The van der Waals surface area contributed by atoms with Crippen LogP contribution in [0.5, 0.6) is 0 Å². The first-order valence-corrected chi connectivity index (χ1v) is 14.2. The third-order valence-electron chi connectivity index (χ3n) is 7.42. The van der Waals surface area contributed by atoms with Crippen LogP contribution in [-0.2, 0) is 16.6 Å². The lowest BCUT2D eigenvalue weighted by Crippen LogP contribution is -2.37. The summed E-state index contributed by atoms with van der Waals surface area (Å²) < 4.78 is 16.6. The summed E-state index contributed by atoms with van der Waals surface area (Å²) >= 11 is 1.23. The van der Waals surface area contributed by atoms with E-state index in [1.165, 1.54) is 42.4 Å². The van der Waals surface area contributed by atoms with Gasteiger partial charge in [0, 0.05) is 25.7 Å². The predicted molar refractivity (Wildman–Crippen MR) is 152 cm³/mol. The average molecular weight is 550 g/mol. The van der Waals surface area contributed by atoms with Crippen LogP contribution in [0.15, 0.2) is 64.4 Å². The highest BCUT2D eigenvalue weighted by molar-refractivity contribution is 8.15. The van der Waals surface area contributed by atoms with Crippen molar-refractivity contribution in [2.75, 3.05) is 11.9 Å². The Kier molecular flexibility index (Phi) is 8.02. The number of hydrogen-bond acceptors (Lipinski definition) is 5. The van der Waals surface area contributed by atoms with E-state index in [0.717, 1.165) is 31.4 Å². The van der Waals surface area contributed by atoms with Crippen LogP contribution in [0, 0.1) is 18.7 Å². The van der Waals surface area contributed by atoms with Crippen LogP contribution in [0.4, 0.5) is 15.8 Å². The number of carbonyl (C=O) groups excluding carboxylic acids is 2. The van der Waals surface area contributed by atoms with Gasteiger partial charge in [0.15, 0.2) is 10.9 Å². The van der Waals surface area contributed by atoms with Crippen LogP contribution in [0.25, 0.3) is 5.69 Å². The van der Waals surface area contributed by atoms with Gasteiger partial charge in [0.1, 0.15) is 11.1 Å². The maximum atomic E-state index is 13.6. The molecule has 2 aliphatic rings. The Morgan fingerprint density at radius 2 is 1.74 bits per heavy atom. The standard InChI is InChI=1S/C29H32FN5O3S/c1-19-26(28(38)35(33(19)2)23-11-7-4-8-12-23)32-29-34(18-20-9-5-3-6-10-20)27(37)24(39-29)17-25(36)31-22-15-13-21(30)14-16-22/h4,7-8,11-16,20,24H,3,5-6,9-10,17-18H2,1-2H3,(H,31,36). The van der Waals surface area contributed by atoms with E-state index >= 15 is 0 Å². The van der Waals surface area contributed by atoms with E-state index in [1.54, 1.807) is 14.3 Å². The lowest BCUT2D eigenvalue weighted by Gasteiger charge is -2.26. The molecule has 10 heteroatoms. The van der Waals surface area contributed by atoms with Crippen LogP contribution in [0.1, 0.15) is 44.2 Å². The maximum Gasteiger partial charge on any atom is 0.297 e. The number of halogens is 1. The smallest absolute Gasteiger partial charge is 0.297 e. The Morgan fingerprint density at radius 1 is 1.05 bits per heavy atom. The van der Waals surface area contributed by atoms with E-state index in [0.29, 0.717) is 29.0 Å². The van der Waals surface area contributed by atoms with Gasteiger partial charge in [0.05, 0.1) is 11.4 Å². The van der Waals surface area contributed by atoms with E-state index in [1.807, 2.05) is 44.3 Å². The highest BCUT2D eigenvalue weighted by atomic mass is 32.2. The summed E-state index contributed by atoms with van der Waals surface area (Å²) in [5.41, 5.74) is 1.88. The zero-order chi connectivity index (χ0) is 27.5. The second kappa shape index (κ2) is 11.6. The van der Waals surface area contributed by atoms with Crippen molar-refractivity contribution in [3.8, 4) is 5.69 Å². The predicted octanol–water partition coefficient (Wildman–Crippen LogP) is 5.16. The van der Waals surface area contributed by atoms with Crippen LogP contribution < -0.4 is 10.9 Å². The molecule has 1 saturated heterocycles. The van der Waals surface area contributed by atoms with Crippen LogP contribution >= 0.6 is 11.8 Å². The third-order valence-corrected chi connectivity index (χ3v) is 8.59. The first-order chi connectivity index (χ1) is 18.8. The summed E-state index contributed by atoms with van der Waals surface area (Å²) in [5, 5.41) is 2.53. The first-order valence-electron chi connectivity index (χ1n) is 13.3. The molecular formula is C29H32FN5O3S. The molecule has 1 unspecified atom stereocenters. The highest BCUT2D eigenvalue weighted by Gasteiger charge is 2.40. The van der Waals surface area contributed by atoms with Crippen molar-refractivity contribution in [1.29, 1.82) is 0 Å². The summed E-state index contributed by atoms with van der Waals surface area (Å²) in [5.74, 6) is -0.543. The molecular weight excluding hydrogens is 517 g/mol. The number of amidine groups is 1. The fourth-order valence-electron chi connectivity index (χ4n) is 5.21. The number of carbonyl (C=O) groups is 2. The number of para-hydroxylation sites is 1. The van der Waals surface area contributed by atoms with Gasteiger partial charge in [-0.25, -0.2) is 14.1 Å². The number of benzene rings is 2. The molecule has 2 aromatic carbocycles. The molecule has 2 amide bonds. The van der Waals surface area contributed by atoms with Gasteiger partial charge in [-0.15, -0.1) is 0 Å². The molecule has 204 valence electrons. The Morgan fingerprint density at radius 3 is 2.44 bits per heavy atom. The maximum absolute atomic E-state index is 13.6. The number of nitrogens with zero attached hydrogens (tertiary/aromatic N) is 4. The number of rotatable bonds is 7. The van der Waals surface area contributed by atoms with E-state index in [4.69, 9.17) is 4.99 Å². The number of anilines is 1. The first kappa shape index (κ1) is 26.9. The minimum Gasteiger partial charge on any atom is -0.326 e. The van der Waals surface area contributed by atoms with Crippen LogP contribution in [0.3, 0.4) is 0 Å². The minimum absolute atomic E-state index is 0.0525. The lowest BCUT2D eigenvalue weighted by molar-refractivity contribution is -0.128. The van der Waals surface area contributed by atoms with E-state index in [2.05, 4.69) is 5.32 Å². The fraction of sp³-hybridized carbons (Fsp3) is 0.379. The topological polar surface area (TPSA) is 88.7 Å².